The first kappa shape index (κ1) is 17.8. The van der Waals surface area contributed by atoms with E-state index in [0.717, 1.165) is 23.3 Å². The largest absolute Gasteiger partial charge is 0.454 e. The maximum atomic E-state index is 13.3. The molecule has 0 unspecified atom stereocenters. The van der Waals surface area contributed by atoms with E-state index in [1.54, 1.807) is 12.1 Å². The molecule has 3 aromatic rings. The number of Topliss-reactive ketones (excluding diaryl/α,β-unsaturated/α-hetero) is 1. The van der Waals surface area contributed by atoms with E-state index in [1.165, 1.54) is 12.1 Å². The Morgan fingerprint density at radius 2 is 1.41 bits per heavy atom. The van der Waals surface area contributed by atoms with Gasteiger partial charge in [-0.1, -0.05) is 42.5 Å². The zero-order valence-corrected chi connectivity index (χ0v) is 15.1. The first-order chi connectivity index (χ1) is 13.9. The standard InChI is InChI=1S/C23H15F3O3/c24-23(25,26)15-8-6-14(7-9-15)20-16-10-18-19(29-12-28-18)11-17(16)22(27)21(20)13-4-2-1-3-5-13/h1-11,20-21H,12H2/t20-,21+/m1/s1. The molecular weight excluding hydrogens is 381 g/mol. The Kier molecular flexibility index (Phi) is 3.91. The number of alkyl halides is 3. The van der Waals surface area contributed by atoms with Crippen molar-refractivity contribution in [3.8, 4) is 11.5 Å². The fraction of sp³-hybridized carbons (Fsp3) is 0.174. The van der Waals surface area contributed by atoms with Gasteiger partial charge in [0.25, 0.3) is 0 Å². The van der Waals surface area contributed by atoms with E-state index >= 15 is 0 Å². The highest BCUT2D eigenvalue weighted by Gasteiger charge is 2.43. The molecule has 0 bridgehead atoms. The maximum absolute atomic E-state index is 13.3. The minimum atomic E-state index is -4.41. The van der Waals surface area contributed by atoms with Gasteiger partial charge in [-0.25, -0.2) is 0 Å². The molecule has 0 fully saturated rings. The average Bonchev–Trinajstić information content (AvgIpc) is 3.28. The van der Waals surface area contributed by atoms with Crippen molar-refractivity contribution in [1.29, 1.82) is 0 Å². The van der Waals surface area contributed by atoms with Crippen LogP contribution in [0.5, 0.6) is 11.5 Å². The summed E-state index contributed by atoms with van der Waals surface area (Å²) in [5.74, 6) is 0.0516. The van der Waals surface area contributed by atoms with Gasteiger partial charge in [-0.2, -0.15) is 13.2 Å². The van der Waals surface area contributed by atoms with Gasteiger partial charge in [-0.05, 0) is 41.0 Å². The Labute approximate surface area is 164 Å². The van der Waals surface area contributed by atoms with Crippen LogP contribution in [0, 0.1) is 0 Å². The molecule has 1 heterocycles. The molecule has 146 valence electrons. The summed E-state index contributed by atoms with van der Waals surface area (Å²) in [6.45, 7) is 0.0828. The molecule has 0 saturated heterocycles. The number of benzene rings is 3. The molecule has 6 heteroatoms. The summed E-state index contributed by atoms with van der Waals surface area (Å²) in [6, 6.07) is 17.8. The van der Waals surface area contributed by atoms with Crippen LogP contribution >= 0.6 is 0 Å². The molecule has 0 aromatic heterocycles. The molecule has 2 aliphatic rings. The summed E-state index contributed by atoms with van der Waals surface area (Å²) in [4.78, 5) is 13.3. The van der Waals surface area contributed by atoms with Crippen molar-refractivity contribution in [2.45, 2.75) is 18.0 Å². The molecule has 0 N–H and O–H groups in total. The first-order valence-electron chi connectivity index (χ1n) is 9.13. The molecule has 0 spiro atoms. The highest BCUT2D eigenvalue weighted by molar-refractivity contribution is 6.07. The van der Waals surface area contributed by atoms with E-state index in [4.69, 9.17) is 9.47 Å². The molecule has 0 saturated carbocycles. The highest BCUT2D eigenvalue weighted by Crippen LogP contribution is 2.51. The molecule has 0 radical (unpaired) electrons. The van der Waals surface area contributed by atoms with E-state index in [2.05, 4.69) is 0 Å². The number of hydrogen-bond donors (Lipinski definition) is 0. The zero-order valence-electron chi connectivity index (χ0n) is 15.1. The molecule has 5 rings (SSSR count). The summed E-state index contributed by atoms with van der Waals surface area (Å²) < 4.78 is 49.9. The summed E-state index contributed by atoms with van der Waals surface area (Å²) >= 11 is 0. The SMILES string of the molecule is O=C1c2cc3c(cc2[C@@H](c2ccc(C(F)(F)F)cc2)[C@@H]1c1ccccc1)OCO3. The third-order valence-corrected chi connectivity index (χ3v) is 5.52. The molecule has 29 heavy (non-hydrogen) atoms. The van der Waals surface area contributed by atoms with Crippen molar-refractivity contribution >= 4 is 5.78 Å². The smallest absolute Gasteiger partial charge is 0.416 e. The molecule has 3 aromatic carbocycles. The van der Waals surface area contributed by atoms with Gasteiger partial charge in [0.2, 0.25) is 6.79 Å². The Balaban J connectivity index is 1.67. The van der Waals surface area contributed by atoms with E-state index < -0.39 is 23.6 Å². The molecule has 1 aliphatic carbocycles. The van der Waals surface area contributed by atoms with Gasteiger partial charge in [0.05, 0.1) is 11.5 Å². The van der Waals surface area contributed by atoms with E-state index in [1.807, 2.05) is 30.3 Å². The van der Waals surface area contributed by atoms with Crippen LogP contribution in [0.2, 0.25) is 0 Å². The van der Waals surface area contributed by atoms with Gasteiger partial charge in [0, 0.05) is 11.5 Å². The molecule has 3 nitrogen and oxygen atoms in total. The summed E-state index contributed by atoms with van der Waals surface area (Å²) in [7, 11) is 0. The lowest BCUT2D eigenvalue weighted by molar-refractivity contribution is -0.137. The Morgan fingerprint density at radius 3 is 2.07 bits per heavy atom. The second-order valence-corrected chi connectivity index (χ2v) is 7.14. The van der Waals surface area contributed by atoms with E-state index in [0.29, 0.717) is 22.6 Å². The second kappa shape index (κ2) is 6.37. The van der Waals surface area contributed by atoms with Gasteiger partial charge < -0.3 is 9.47 Å². The van der Waals surface area contributed by atoms with Gasteiger partial charge in [0.15, 0.2) is 17.3 Å². The first-order valence-corrected chi connectivity index (χ1v) is 9.13. The van der Waals surface area contributed by atoms with Crippen LogP contribution in [0.15, 0.2) is 66.7 Å². The van der Waals surface area contributed by atoms with Gasteiger partial charge >= 0.3 is 6.18 Å². The van der Waals surface area contributed by atoms with E-state index in [-0.39, 0.29) is 12.6 Å². The summed E-state index contributed by atoms with van der Waals surface area (Å²) in [5.41, 5.74) is 2.02. The van der Waals surface area contributed by atoms with Crippen LogP contribution in [0.1, 0.15) is 44.4 Å². The van der Waals surface area contributed by atoms with Crippen molar-refractivity contribution in [3.63, 3.8) is 0 Å². The molecule has 2 atom stereocenters. The minimum absolute atomic E-state index is 0.0746. The fourth-order valence-corrected chi connectivity index (χ4v) is 4.18. The number of rotatable bonds is 2. The van der Waals surface area contributed by atoms with Gasteiger partial charge in [-0.15, -0.1) is 0 Å². The van der Waals surface area contributed by atoms with E-state index in [9.17, 15) is 18.0 Å². The predicted molar refractivity (Wildman–Crippen MR) is 99.4 cm³/mol. The quantitative estimate of drug-likeness (QED) is 0.570. The van der Waals surface area contributed by atoms with Gasteiger partial charge in [0.1, 0.15) is 0 Å². The number of ether oxygens (including phenoxy) is 2. The normalized spacial score (nSPS) is 20.0. The fourth-order valence-electron chi connectivity index (χ4n) is 4.18. The predicted octanol–water partition coefficient (Wildman–Crippen LogP) is 5.55. The monoisotopic (exact) mass is 396 g/mol. The van der Waals surface area contributed by atoms with Crippen molar-refractivity contribution < 1.29 is 27.4 Å². The molecular formula is C23H15F3O3. The molecule has 1 aliphatic heterocycles. The number of hydrogen-bond acceptors (Lipinski definition) is 3. The average molecular weight is 396 g/mol. The Hall–Kier alpha value is -3.28. The van der Waals surface area contributed by atoms with Crippen LogP contribution in [0.4, 0.5) is 13.2 Å². The van der Waals surface area contributed by atoms with Crippen molar-refractivity contribution in [2.24, 2.45) is 0 Å². The number of carbonyl (C=O) groups excluding carboxylic acids is 1. The number of halogens is 3. The number of carbonyl (C=O) groups is 1. The third kappa shape index (κ3) is 2.87. The molecule has 0 amide bonds. The number of fused-ring (bicyclic) bond motifs is 2. The van der Waals surface area contributed by atoms with Crippen molar-refractivity contribution in [1.82, 2.24) is 0 Å². The second-order valence-electron chi connectivity index (χ2n) is 7.14. The van der Waals surface area contributed by atoms with Crippen LogP contribution in [0.3, 0.4) is 0 Å². The van der Waals surface area contributed by atoms with Crippen molar-refractivity contribution in [3.05, 3.63) is 94.5 Å². The lowest BCUT2D eigenvalue weighted by Crippen LogP contribution is -2.13. The number of ketones is 1. The Morgan fingerprint density at radius 1 is 0.793 bits per heavy atom. The van der Waals surface area contributed by atoms with Crippen LogP contribution in [-0.4, -0.2) is 12.6 Å². The summed E-state index contributed by atoms with van der Waals surface area (Å²) in [6.07, 6.45) is -4.41. The summed E-state index contributed by atoms with van der Waals surface area (Å²) in [5, 5.41) is 0. The maximum Gasteiger partial charge on any atom is 0.416 e. The third-order valence-electron chi connectivity index (χ3n) is 5.52. The van der Waals surface area contributed by atoms with Crippen molar-refractivity contribution in [2.75, 3.05) is 6.79 Å². The van der Waals surface area contributed by atoms with Crippen LogP contribution < -0.4 is 9.47 Å². The minimum Gasteiger partial charge on any atom is -0.454 e. The van der Waals surface area contributed by atoms with Gasteiger partial charge in [-0.3, -0.25) is 4.79 Å². The highest BCUT2D eigenvalue weighted by atomic mass is 19.4. The lowest BCUT2D eigenvalue weighted by Gasteiger charge is -2.21. The zero-order chi connectivity index (χ0) is 20.2. The topological polar surface area (TPSA) is 35.5 Å². The Bertz CT molecular complexity index is 1090. The van der Waals surface area contributed by atoms with Crippen LogP contribution in [0.25, 0.3) is 0 Å². The lowest BCUT2D eigenvalue weighted by atomic mass is 9.81. The van der Waals surface area contributed by atoms with Crippen LogP contribution in [-0.2, 0) is 6.18 Å².